The van der Waals surface area contributed by atoms with Crippen LogP contribution < -0.4 is 10.5 Å². The van der Waals surface area contributed by atoms with Crippen molar-refractivity contribution in [2.24, 2.45) is 0 Å². The van der Waals surface area contributed by atoms with Gasteiger partial charge in [-0.25, -0.2) is 22.9 Å². The van der Waals surface area contributed by atoms with Gasteiger partial charge in [0.05, 0.1) is 22.8 Å². The molecule has 0 aliphatic heterocycles. The maximum Gasteiger partial charge on any atom is 0.349 e. The quantitative estimate of drug-likeness (QED) is 0.169. The summed E-state index contributed by atoms with van der Waals surface area (Å²) < 4.78 is 71.4. The second-order valence-electron chi connectivity index (χ2n) is 5.32. The van der Waals surface area contributed by atoms with Gasteiger partial charge in [-0.05, 0) is 18.2 Å². The predicted molar refractivity (Wildman–Crippen MR) is 87.1 cm³/mol. The Bertz CT molecular complexity index is 1180. The summed E-state index contributed by atoms with van der Waals surface area (Å²) in [6.45, 7) is 0. The molecule has 0 amide bonds. The summed E-state index contributed by atoms with van der Waals surface area (Å²) in [5.41, 5.74) is 5.14. The van der Waals surface area contributed by atoms with Crippen LogP contribution >= 0.6 is 11.6 Å². The number of carbonyl (C=O) groups is 1. The van der Waals surface area contributed by atoms with Crippen LogP contribution in [0.5, 0.6) is 5.75 Å². The SMILES string of the molecule is N#Cc1ccc2nc(Cl)c(C(=O)Oc3c(F)c(F)c(F)c(F)c3F)c(N)c2c1. The Kier molecular flexibility index (Phi) is 4.79. The van der Waals surface area contributed by atoms with Gasteiger partial charge in [0, 0.05) is 5.39 Å². The van der Waals surface area contributed by atoms with Crippen LogP contribution in [0.2, 0.25) is 5.15 Å². The van der Waals surface area contributed by atoms with E-state index in [1.54, 1.807) is 0 Å². The monoisotopic (exact) mass is 413 g/mol. The van der Waals surface area contributed by atoms with Gasteiger partial charge in [0.15, 0.2) is 0 Å². The first-order valence-corrected chi connectivity index (χ1v) is 7.57. The smallest absolute Gasteiger partial charge is 0.349 e. The first-order chi connectivity index (χ1) is 13.2. The third kappa shape index (κ3) is 2.95. The number of nitriles is 1. The zero-order valence-electron chi connectivity index (χ0n) is 13.3. The Labute approximate surface area is 157 Å². The number of halogens is 6. The van der Waals surface area contributed by atoms with Crippen LogP contribution in [0.4, 0.5) is 27.6 Å². The van der Waals surface area contributed by atoms with Crippen LogP contribution in [0.3, 0.4) is 0 Å². The number of aromatic nitrogens is 1. The van der Waals surface area contributed by atoms with Crippen LogP contribution in [0.1, 0.15) is 15.9 Å². The lowest BCUT2D eigenvalue weighted by Crippen LogP contribution is -2.16. The van der Waals surface area contributed by atoms with Crippen LogP contribution in [0, 0.1) is 40.4 Å². The van der Waals surface area contributed by atoms with E-state index in [0.29, 0.717) is 0 Å². The molecule has 0 radical (unpaired) electrons. The molecule has 0 saturated carbocycles. The summed E-state index contributed by atoms with van der Waals surface area (Å²) in [6, 6.07) is 5.88. The fraction of sp³-hybridized carbons (Fsp3) is 0. The minimum Gasteiger partial charge on any atom is -0.416 e. The number of nitrogen functional groups attached to an aromatic ring is 1. The third-order valence-electron chi connectivity index (χ3n) is 3.68. The molecule has 0 aliphatic carbocycles. The molecule has 3 aromatic rings. The van der Waals surface area contributed by atoms with Crippen molar-refractivity contribution in [1.82, 2.24) is 4.98 Å². The molecule has 0 spiro atoms. The molecular formula is C17H5ClF5N3O2. The Morgan fingerprint density at radius 1 is 1.07 bits per heavy atom. The van der Waals surface area contributed by atoms with Crippen LogP contribution in [-0.4, -0.2) is 11.0 Å². The summed E-state index contributed by atoms with van der Waals surface area (Å²) in [4.78, 5) is 16.2. The molecule has 3 rings (SSSR count). The number of rotatable bonds is 2. The van der Waals surface area contributed by atoms with Crippen molar-refractivity contribution < 1.29 is 31.5 Å². The van der Waals surface area contributed by atoms with Gasteiger partial charge < -0.3 is 10.5 Å². The standard InChI is InChI=1S/C17H5ClF5N3O2/c18-16-8(14(25)6-3-5(4-24)1-2-7(6)26-16)17(27)28-15-12(22)10(20)9(19)11(21)13(15)23/h1-3H,(H2,25,26). The summed E-state index contributed by atoms with van der Waals surface area (Å²) >= 11 is 5.86. The molecule has 2 aromatic carbocycles. The topological polar surface area (TPSA) is 89.0 Å². The van der Waals surface area contributed by atoms with E-state index in [9.17, 15) is 26.7 Å². The van der Waals surface area contributed by atoms with Crippen molar-refractivity contribution in [2.45, 2.75) is 0 Å². The van der Waals surface area contributed by atoms with E-state index in [1.807, 2.05) is 6.07 Å². The van der Waals surface area contributed by atoms with E-state index in [1.165, 1.54) is 18.2 Å². The molecule has 0 atom stereocenters. The molecule has 1 aromatic heterocycles. The van der Waals surface area contributed by atoms with E-state index < -0.39 is 51.5 Å². The summed E-state index contributed by atoms with van der Waals surface area (Å²) in [5, 5.41) is 8.49. The lowest BCUT2D eigenvalue weighted by atomic mass is 10.1. The van der Waals surface area contributed by atoms with Gasteiger partial charge >= 0.3 is 5.97 Å². The highest BCUT2D eigenvalue weighted by Crippen LogP contribution is 2.33. The fourth-order valence-corrected chi connectivity index (χ4v) is 2.61. The van der Waals surface area contributed by atoms with Crippen molar-refractivity contribution in [2.75, 3.05) is 5.73 Å². The van der Waals surface area contributed by atoms with Gasteiger partial charge in [0.25, 0.3) is 0 Å². The highest BCUT2D eigenvalue weighted by Gasteiger charge is 2.30. The van der Waals surface area contributed by atoms with Crippen LogP contribution in [0.25, 0.3) is 10.9 Å². The predicted octanol–water partition coefficient (Wildman–Crippen LogP) is 4.26. The number of anilines is 1. The number of carbonyl (C=O) groups excluding carboxylic acids is 1. The first kappa shape index (κ1) is 19.3. The summed E-state index contributed by atoms with van der Waals surface area (Å²) in [6.07, 6.45) is 0. The van der Waals surface area contributed by atoms with E-state index in [0.717, 1.165) is 0 Å². The Morgan fingerprint density at radius 2 is 1.64 bits per heavy atom. The maximum absolute atomic E-state index is 13.7. The van der Waals surface area contributed by atoms with Gasteiger partial charge in [-0.3, -0.25) is 0 Å². The van der Waals surface area contributed by atoms with E-state index in [4.69, 9.17) is 22.6 Å². The highest BCUT2D eigenvalue weighted by molar-refractivity contribution is 6.34. The van der Waals surface area contributed by atoms with Crippen molar-refractivity contribution in [3.8, 4) is 11.8 Å². The van der Waals surface area contributed by atoms with Crippen LogP contribution in [0.15, 0.2) is 18.2 Å². The fourth-order valence-electron chi connectivity index (χ4n) is 2.34. The largest absolute Gasteiger partial charge is 0.416 e. The Balaban J connectivity index is 2.14. The molecule has 0 fully saturated rings. The third-order valence-corrected chi connectivity index (χ3v) is 3.95. The van der Waals surface area contributed by atoms with Crippen molar-refractivity contribution in [3.05, 3.63) is 63.6 Å². The number of hydrogen-bond acceptors (Lipinski definition) is 5. The number of benzene rings is 2. The molecule has 142 valence electrons. The average molecular weight is 414 g/mol. The van der Waals surface area contributed by atoms with E-state index >= 15 is 0 Å². The lowest BCUT2D eigenvalue weighted by Gasteiger charge is -2.12. The Morgan fingerprint density at radius 3 is 2.21 bits per heavy atom. The minimum absolute atomic E-state index is 0.0906. The number of ether oxygens (including phenoxy) is 1. The molecule has 0 bridgehead atoms. The number of nitrogens with zero attached hydrogens (tertiary/aromatic N) is 2. The number of fused-ring (bicyclic) bond motifs is 1. The Hall–Kier alpha value is -3.45. The van der Waals surface area contributed by atoms with E-state index in [2.05, 4.69) is 9.72 Å². The van der Waals surface area contributed by atoms with Crippen molar-refractivity contribution >= 4 is 34.2 Å². The maximum atomic E-state index is 13.7. The minimum atomic E-state index is -2.41. The zero-order chi connectivity index (χ0) is 20.7. The van der Waals surface area contributed by atoms with Gasteiger partial charge in [0.1, 0.15) is 10.7 Å². The number of hydrogen-bond donors (Lipinski definition) is 1. The normalized spacial score (nSPS) is 10.8. The second kappa shape index (κ2) is 6.94. The molecule has 28 heavy (non-hydrogen) atoms. The van der Waals surface area contributed by atoms with E-state index in [-0.39, 0.29) is 22.2 Å². The molecule has 2 N–H and O–H groups in total. The average Bonchev–Trinajstić information content (AvgIpc) is 2.68. The molecule has 0 aliphatic rings. The molecule has 5 nitrogen and oxygen atoms in total. The van der Waals surface area contributed by atoms with Gasteiger partial charge in [-0.2, -0.15) is 14.0 Å². The first-order valence-electron chi connectivity index (χ1n) is 7.19. The summed E-state index contributed by atoms with van der Waals surface area (Å²) in [7, 11) is 0. The number of esters is 1. The number of pyridine rings is 1. The molecule has 11 heteroatoms. The zero-order valence-corrected chi connectivity index (χ0v) is 14.0. The number of nitrogens with two attached hydrogens (primary N) is 1. The molecule has 0 unspecified atom stereocenters. The summed E-state index contributed by atoms with van der Waals surface area (Å²) in [5.74, 6) is -15.1. The highest BCUT2D eigenvalue weighted by atomic mass is 35.5. The van der Waals surface area contributed by atoms with Crippen molar-refractivity contribution in [3.63, 3.8) is 0 Å². The molecule has 0 saturated heterocycles. The molecule has 1 heterocycles. The second-order valence-corrected chi connectivity index (χ2v) is 5.68. The van der Waals surface area contributed by atoms with Crippen LogP contribution in [-0.2, 0) is 0 Å². The lowest BCUT2D eigenvalue weighted by molar-refractivity contribution is 0.0717. The van der Waals surface area contributed by atoms with Crippen molar-refractivity contribution in [1.29, 1.82) is 5.26 Å². The molecular weight excluding hydrogens is 409 g/mol. The van der Waals surface area contributed by atoms with Gasteiger partial charge in [-0.1, -0.05) is 11.6 Å². The van der Waals surface area contributed by atoms with Gasteiger partial charge in [-0.15, -0.1) is 0 Å². The van der Waals surface area contributed by atoms with Gasteiger partial charge in [0.2, 0.25) is 34.8 Å².